The number of rotatable bonds is 6. The molecule has 4 aromatic rings. The van der Waals surface area contributed by atoms with Crippen LogP contribution in [-0.4, -0.2) is 60.9 Å². The third-order valence-electron chi connectivity index (χ3n) is 5.02. The minimum absolute atomic E-state index is 0.416. The zero-order chi connectivity index (χ0) is 22.8. The van der Waals surface area contributed by atoms with Crippen LogP contribution in [0.25, 0.3) is 21.3 Å². The number of fused-ring (bicyclic) bond motifs is 1. The number of ether oxygens (including phenoxy) is 1. The van der Waals surface area contributed by atoms with Gasteiger partial charge in [0, 0.05) is 35.8 Å². The Kier molecular flexibility index (Phi) is 5.79. The number of hydrogen-bond donors (Lipinski definition) is 2. The summed E-state index contributed by atoms with van der Waals surface area (Å²) < 4.78 is 32.0. The van der Waals surface area contributed by atoms with E-state index < -0.39 is 10.0 Å². The maximum absolute atomic E-state index is 11.6. The average molecular weight is 484 g/mol. The van der Waals surface area contributed by atoms with Gasteiger partial charge in [-0.2, -0.15) is 0 Å². The molecule has 1 saturated heterocycles. The normalized spacial score (nSPS) is 14.4. The summed E-state index contributed by atoms with van der Waals surface area (Å²) in [6, 6.07) is 9.09. The molecule has 0 unspecified atom stereocenters. The van der Waals surface area contributed by atoms with Crippen molar-refractivity contribution in [3.63, 3.8) is 0 Å². The van der Waals surface area contributed by atoms with Crippen molar-refractivity contribution in [3.8, 4) is 11.1 Å². The summed E-state index contributed by atoms with van der Waals surface area (Å²) in [5.41, 5.74) is 3.03. The van der Waals surface area contributed by atoms with Gasteiger partial charge in [-0.15, -0.1) is 11.3 Å². The number of benzene rings is 1. The second-order valence-corrected chi connectivity index (χ2v) is 10.2. The fourth-order valence-electron chi connectivity index (χ4n) is 3.55. The topological polar surface area (TPSA) is 122 Å². The molecule has 0 bridgehead atoms. The number of nitrogens with zero attached hydrogens (tertiary/aromatic N) is 5. The number of sulfonamides is 1. The third kappa shape index (κ3) is 5.02. The van der Waals surface area contributed by atoms with Gasteiger partial charge < -0.3 is 15.0 Å². The lowest BCUT2D eigenvalue weighted by Crippen LogP contribution is -2.36. The lowest BCUT2D eigenvalue weighted by atomic mass is 10.1. The highest BCUT2D eigenvalue weighted by Gasteiger charge is 2.15. The summed E-state index contributed by atoms with van der Waals surface area (Å²) in [6.07, 6.45) is 4.41. The van der Waals surface area contributed by atoms with Crippen molar-refractivity contribution in [2.24, 2.45) is 0 Å². The summed E-state index contributed by atoms with van der Waals surface area (Å²) in [5, 5.41) is 5.16. The van der Waals surface area contributed by atoms with Gasteiger partial charge in [0.2, 0.25) is 16.0 Å². The number of nitrogens with one attached hydrogen (secondary N) is 2. The van der Waals surface area contributed by atoms with Crippen molar-refractivity contribution in [1.29, 1.82) is 0 Å². The van der Waals surface area contributed by atoms with Crippen molar-refractivity contribution in [2.75, 3.05) is 47.5 Å². The molecule has 1 aliphatic rings. The zero-order valence-corrected chi connectivity index (χ0v) is 19.4. The Balaban J connectivity index is 1.43. The van der Waals surface area contributed by atoms with E-state index in [1.165, 1.54) is 17.7 Å². The Morgan fingerprint density at radius 1 is 1.12 bits per heavy atom. The molecule has 1 fully saturated rings. The lowest BCUT2D eigenvalue weighted by molar-refractivity contribution is 0.122. The summed E-state index contributed by atoms with van der Waals surface area (Å²) in [7, 11) is -3.36. The second kappa shape index (κ2) is 8.89. The smallest absolute Gasteiger partial charge is 0.229 e. The molecule has 5 rings (SSSR count). The van der Waals surface area contributed by atoms with E-state index in [-0.39, 0.29) is 0 Å². The monoisotopic (exact) mass is 483 g/mol. The molecule has 0 aliphatic carbocycles. The Hall–Kier alpha value is -3.35. The number of thiophene rings is 1. The number of aromatic nitrogens is 4. The molecular weight excluding hydrogens is 462 g/mol. The van der Waals surface area contributed by atoms with Crippen LogP contribution in [-0.2, 0) is 14.8 Å². The van der Waals surface area contributed by atoms with E-state index in [2.05, 4.69) is 29.9 Å². The molecule has 33 heavy (non-hydrogen) atoms. The average Bonchev–Trinajstić information content (AvgIpc) is 3.22. The molecule has 0 saturated carbocycles. The van der Waals surface area contributed by atoms with Gasteiger partial charge in [0.1, 0.15) is 18.0 Å². The number of hydrogen-bond acceptors (Lipinski definition) is 10. The molecule has 3 aromatic heterocycles. The largest absolute Gasteiger partial charge is 0.378 e. The SMILES string of the molecule is CS(=O)(=O)Nc1cccc(-c2csc3cnc(Nc4cc(N5CCOCC5)ncn4)nc23)c1. The first kappa shape index (κ1) is 21.5. The fraction of sp³-hybridized carbons (Fsp3) is 0.238. The molecule has 2 N–H and O–H groups in total. The van der Waals surface area contributed by atoms with E-state index in [1.807, 2.05) is 17.5 Å². The summed E-state index contributed by atoms with van der Waals surface area (Å²) in [4.78, 5) is 19.9. The van der Waals surface area contributed by atoms with Gasteiger partial charge in [0.15, 0.2) is 0 Å². The number of anilines is 4. The molecule has 0 amide bonds. The minimum Gasteiger partial charge on any atom is -0.378 e. The van der Waals surface area contributed by atoms with Gasteiger partial charge in [-0.3, -0.25) is 4.72 Å². The summed E-state index contributed by atoms with van der Waals surface area (Å²) >= 11 is 1.53. The summed E-state index contributed by atoms with van der Waals surface area (Å²) in [5.74, 6) is 1.84. The van der Waals surface area contributed by atoms with Crippen LogP contribution in [0, 0.1) is 0 Å². The first-order chi connectivity index (χ1) is 15.9. The minimum atomic E-state index is -3.36. The molecule has 0 radical (unpaired) electrons. The van der Waals surface area contributed by atoms with Crippen LogP contribution in [0.2, 0.25) is 0 Å². The van der Waals surface area contributed by atoms with E-state index in [0.717, 1.165) is 46.5 Å². The van der Waals surface area contributed by atoms with Crippen molar-refractivity contribution < 1.29 is 13.2 Å². The predicted octanol–water partition coefficient (Wildman–Crippen LogP) is 3.10. The Morgan fingerprint density at radius 2 is 1.97 bits per heavy atom. The Labute approximate surface area is 194 Å². The zero-order valence-electron chi connectivity index (χ0n) is 17.7. The van der Waals surface area contributed by atoms with Crippen LogP contribution in [0.5, 0.6) is 0 Å². The van der Waals surface area contributed by atoms with E-state index in [4.69, 9.17) is 9.72 Å². The van der Waals surface area contributed by atoms with Crippen molar-refractivity contribution in [1.82, 2.24) is 19.9 Å². The molecule has 0 atom stereocenters. The van der Waals surface area contributed by atoms with Crippen molar-refractivity contribution in [2.45, 2.75) is 0 Å². The van der Waals surface area contributed by atoms with Gasteiger partial charge in [-0.1, -0.05) is 12.1 Å². The first-order valence-corrected chi connectivity index (χ1v) is 13.0. The van der Waals surface area contributed by atoms with E-state index in [9.17, 15) is 8.42 Å². The lowest BCUT2D eigenvalue weighted by Gasteiger charge is -2.27. The Bertz CT molecular complexity index is 1400. The maximum atomic E-state index is 11.6. The van der Waals surface area contributed by atoms with Gasteiger partial charge in [-0.25, -0.2) is 28.4 Å². The molecule has 12 heteroatoms. The van der Waals surface area contributed by atoms with Gasteiger partial charge in [0.05, 0.1) is 35.9 Å². The van der Waals surface area contributed by atoms with Crippen LogP contribution in [0.3, 0.4) is 0 Å². The third-order valence-corrected chi connectivity index (χ3v) is 6.53. The number of morpholine rings is 1. The molecule has 170 valence electrons. The van der Waals surface area contributed by atoms with Crippen molar-refractivity contribution in [3.05, 3.63) is 48.2 Å². The van der Waals surface area contributed by atoms with Gasteiger partial charge >= 0.3 is 0 Å². The standard InChI is InChI=1S/C21H21N7O3S2/c1-33(29,30)27-15-4-2-3-14(9-15)16-12-32-17-11-22-21(26-20(16)17)25-18-10-19(24-13-23-18)28-5-7-31-8-6-28/h2-4,9-13,27H,5-8H2,1H3,(H,22,23,24,25,26). The van der Waals surface area contributed by atoms with E-state index >= 15 is 0 Å². The van der Waals surface area contributed by atoms with Crippen LogP contribution in [0.15, 0.2) is 48.2 Å². The van der Waals surface area contributed by atoms with Gasteiger partial charge in [-0.05, 0) is 17.7 Å². The van der Waals surface area contributed by atoms with Crippen LogP contribution < -0.4 is 14.9 Å². The first-order valence-electron chi connectivity index (χ1n) is 10.2. The highest BCUT2D eigenvalue weighted by molar-refractivity contribution is 7.92. The quantitative estimate of drug-likeness (QED) is 0.426. The molecule has 1 aliphatic heterocycles. The highest BCUT2D eigenvalue weighted by Crippen LogP contribution is 2.34. The molecule has 1 aromatic carbocycles. The van der Waals surface area contributed by atoms with Gasteiger partial charge in [0.25, 0.3) is 0 Å². The molecule has 0 spiro atoms. The van der Waals surface area contributed by atoms with Crippen LogP contribution >= 0.6 is 11.3 Å². The molecule has 4 heterocycles. The van der Waals surface area contributed by atoms with Crippen LogP contribution in [0.1, 0.15) is 0 Å². The van der Waals surface area contributed by atoms with Crippen molar-refractivity contribution >= 4 is 54.8 Å². The van der Waals surface area contributed by atoms with E-state index in [1.54, 1.807) is 24.4 Å². The Morgan fingerprint density at radius 3 is 2.79 bits per heavy atom. The second-order valence-electron chi connectivity index (χ2n) is 7.50. The van der Waals surface area contributed by atoms with E-state index in [0.29, 0.717) is 30.7 Å². The molecule has 10 nitrogen and oxygen atoms in total. The fourth-order valence-corrected chi connectivity index (χ4v) is 4.98. The predicted molar refractivity (Wildman–Crippen MR) is 130 cm³/mol. The molecular formula is C21H21N7O3S2. The maximum Gasteiger partial charge on any atom is 0.229 e. The highest BCUT2D eigenvalue weighted by atomic mass is 32.2. The summed E-state index contributed by atoms with van der Waals surface area (Å²) in [6.45, 7) is 2.91. The van der Waals surface area contributed by atoms with Crippen LogP contribution in [0.4, 0.5) is 23.3 Å².